The maximum Gasteiger partial charge on any atom is 0.294 e. The lowest BCUT2D eigenvalue weighted by Gasteiger charge is -2.15. The molecule has 1 fully saturated rings. The summed E-state index contributed by atoms with van der Waals surface area (Å²) in [6, 6.07) is 9.37. The van der Waals surface area contributed by atoms with Gasteiger partial charge in [-0.3, -0.25) is 4.79 Å². The molecule has 0 aliphatic heterocycles. The number of nitrogens with zero attached hydrogens (tertiary/aromatic N) is 2. The number of ether oxygens (including phenoxy) is 1. The van der Waals surface area contributed by atoms with E-state index in [1.165, 1.54) is 30.6 Å². The lowest BCUT2D eigenvalue weighted by molar-refractivity contribution is -0.757. The lowest BCUT2D eigenvalue weighted by Crippen LogP contribution is -2.30. The van der Waals surface area contributed by atoms with Crippen molar-refractivity contribution < 1.29 is 23.8 Å². The van der Waals surface area contributed by atoms with Gasteiger partial charge in [-0.25, -0.2) is 4.39 Å². The van der Waals surface area contributed by atoms with Crippen LogP contribution in [0.5, 0.6) is 5.75 Å². The van der Waals surface area contributed by atoms with Gasteiger partial charge in [0.15, 0.2) is 6.17 Å². The van der Waals surface area contributed by atoms with Gasteiger partial charge in [0, 0.05) is 20.0 Å². The number of halogens is 1. The minimum Gasteiger partial charge on any atom is -0.490 e. The summed E-state index contributed by atoms with van der Waals surface area (Å²) < 4.78 is 18.9. The first kappa shape index (κ1) is 27.1. The van der Waals surface area contributed by atoms with Crippen LogP contribution in [0.3, 0.4) is 0 Å². The number of rotatable bonds is 13. The third kappa shape index (κ3) is 13.4. The highest BCUT2D eigenvalue weighted by Gasteiger charge is 2.12. The first-order chi connectivity index (χ1) is 15.4. The predicted molar refractivity (Wildman–Crippen MR) is 123 cm³/mol. The first-order valence-electron chi connectivity index (χ1n) is 11.0. The van der Waals surface area contributed by atoms with Gasteiger partial charge >= 0.3 is 0 Å². The first-order valence-corrected chi connectivity index (χ1v) is 11.0. The minimum atomic E-state index is -1.00. The molecule has 2 rings (SSSR count). The molecule has 1 saturated carbocycles. The van der Waals surface area contributed by atoms with Gasteiger partial charge in [-0.2, -0.15) is 0 Å². The Morgan fingerprint density at radius 2 is 2.03 bits per heavy atom. The van der Waals surface area contributed by atoms with Crippen molar-refractivity contribution in [2.75, 3.05) is 26.8 Å². The van der Waals surface area contributed by atoms with Crippen LogP contribution < -0.4 is 4.74 Å². The van der Waals surface area contributed by atoms with E-state index >= 15 is 0 Å². The van der Waals surface area contributed by atoms with E-state index in [-0.39, 0.29) is 25.7 Å². The van der Waals surface area contributed by atoms with Crippen molar-refractivity contribution in [1.29, 1.82) is 0 Å². The molecule has 1 aromatic rings. The molecule has 1 aromatic carbocycles. The van der Waals surface area contributed by atoms with Crippen LogP contribution in [0, 0.1) is 16.0 Å². The van der Waals surface area contributed by atoms with Crippen LogP contribution in [0.25, 0.3) is 0 Å². The molecule has 1 unspecified atom stereocenters. The molecule has 8 heteroatoms. The summed E-state index contributed by atoms with van der Waals surface area (Å²) in [5, 5.41) is 8.97. The van der Waals surface area contributed by atoms with Crippen LogP contribution in [0.1, 0.15) is 44.9 Å². The van der Waals surface area contributed by atoms with E-state index in [1.807, 2.05) is 36.4 Å². The van der Waals surface area contributed by atoms with Crippen LogP contribution in [0.2, 0.25) is 0 Å². The van der Waals surface area contributed by atoms with E-state index in [4.69, 9.17) is 4.74 Å². The molecule has 1 amide bonds. The Bertz CT molecular complexity index is 693. The van der Waals surface area contributed by atoms with Gasteiger partial charge in [0.2, 0.25) is 5.91 Å². The molecule has 1 atom stereocenters. The fourth-order valence-electron chi connectivity index (χ4n) is 3.14. The molecular formula is C24H35FN2O5. The van der Waals surface area contributed by atoms with Gasteiger partial charge in [0.25, 0.3) is 5.09 Å². The monoisotopic (exact) mass is 450 g/mol. The van der Waals surface area contributed by atoms with E-state index < -0.39 is 11.3 Å². The van der Waals surface area contributed by atoms with Crippen molar-refractivity contribution >= 4 is 5.91 Å². The van der Waals surface area contributed by atoms with Crippen molar-refractivity contribution in [2.45, 2.75) is 51.1 Å². The van der Waals surface area contributed by atoms with E-state index in [0.29, 0.717) is 12.3 Å². The summed E-state index contributed by atoms with van der Waals surface area (Å²) in [6.45, 7) is 3.80. The third-order valence-electron chi connectivity index (χ3n) is 4.99. The number of carbonyl (C=O) groups excluding carboxylic acids is 1. The van der Waals surface area contributed by atoms with Crippen LogP contribution in [0.4, 0.5) is 4.39 Å². The van der Waals surface area contributed by atoms with Crippen molar-refractivity contribution in [1.82, 2.24) is 4.90 Å². The molecule has 0 saturated heterocycles. The number of unbranched alkanes of at least 4 members (excludes halogenated alkanes) is 1. The maximum atomic E-state index is 13.5. The highest BCUT2D eigenvalue weighted by Crippen LogP contribution is 2.25. The number of amides is 1. The fourth-order valence-corrected chi connectivity index (χ4v) is 3.14. The van der Waals surface area contributed by atoms with Crippen LogP contribution >= 0.6 is 0 Å². The third-order valence-corrected chi connectivity index (χ3v) is 4.99. The van der Waals surface area contributed by atoms with Crippen molar-refractivity contribution in [2.24, 2.45) is 5.92 Å². The Kier molecular flexibility index (Phi) is 14.2. The summed E-state index contributed by atoms with van der Waals surface area (Å²) in [5.74, 6) is 1.28. The molecule has 32 heavy (non-hydrogen) atoms. The molecule has 0 N–H and O–H groups in total. The van der Waals surface area contributed by atoms with Crippen LogP contribution in [-0.4, -0.2) is 48.9 Å². The molecular weight excluding hydrogens is 415 g/mol. The predicted octanol–water partition coefficient (Wildman–Crippen LogP) is 5.16. The zero-order valence-corrected chi connectivity index (χ0v) is 18.9. The van der Waals surface area contributed by atoms with Gasteiger partial charge < -0.3 is 14.5 Å². The number of alkyl halides is 1. The zero-order chi connectivity index (χ0) is 23.6. The van der Waals surface area contributed by atoms with Crippen molar-refractivity contribution in [3.8, 4) is 5.75 Å². The number of benzene rings is 1. The van der Waals surface area contributed by atoms with Gasteiger partial charge in [0.05, 0.1) is 0 Å². The number of allylic oxidation sites excluding steroid dienone is 2. The smallest absolute Gasteiger partial charge is 0.294 e. The van der Waals surface area contributed by atoms with Gasteiger partial charge in [-0.15, -0.1) is 16.7 Å². The average molecular weight is 451 g/mol. The SMILES string of the molecule is C=CCCCC(=O)N(C)CCO[N+](=O)[O-].FC(/C=C/C1CCCC1)COc1ccccc1. The second-order valence-corrected chi connectivity index (χ2v) is 7.62. The number of para-hydroxylation sites is 1. The highest BCUT2D eigenvalue weighted by molar-refractivity contribution is 5.75. The van der Waals surface area contributed by atoms with E-state index in [1.54, 1.807) is 19.2 Å². The van der Waals surface area contributed by atoms with Gasteiger partial charge in [-0.1, -0.05) is 49.3 Å². The Hall–Kier alpha value is -2.90. The van der Waals surface area contributed by atoms with E-state index in [2.05, 4.69) is 11.4 Å². The number of likely N-dealkylation sites (N-methyl/N-ethyl adjacent to an activating group) is 1. The minimum absolute atomic E-state index is 0.0382. The summed E-state index contributed by atoms with van der Waals surface area (Å²) in [6.07, 6.45) is 11.4. The standard InChI is InChI=1S/C15H19FO.C9H16N2O4/c16-14(11-10-13-6-4-5-7-13)12-17-15-8-2-1-3-9-15;1-3-4-5-6-9(12)10(2)7-8-15-11(13)14/h1-3,8-11,13-14H,4-7,12H2;3H,1,4-8H2,2H3/b11-10+;. The van der Waals surface area contributed by atoms with Crippen LogP contribution in [-0.2, 0) is 9.63 Å². The van der Waals surface area contributed by atoms with Gasteiger partial charge in [0.1, 0.15) is 19.0 Å². The molecule has 178 valence electrons. The second kappa shape index (κ2) is 16.8. The van der Waals surface area contributed by atoms with E-state index in [0.717, 1.165) is 18.6 Å². The Morgan fingerprint density at radius 3 is 2.66 bits per heavy atom. The highest BCUT2D eigenvalue weighted by atomic mass is 19.1. The number of carbonyl (C=O) groups is 1. The summed E-state index contributed by atoms with van der Waals surface area (Å²) in [5.41, 5.74) is 0. The largest absolute Gasteiger partial charge is 0.490 e. The molecule has 0 heterocycles. The lowest BCUT2D eigenvalue weighted by atomic mass is 10.1. The van der Waals surface area contributed by atoms with Crippen LogP contribution in [0.15, 0.2) is 55.1 Å². The normalized spacial score (nSPS) is 14.3. The second-order valence-electron chi connectivity index (χ2n) is 7.62. The fraction of sp³-hybridized carbons (Fsp3) is 0.542. The Balaban J connectivity index is 0.000000324. The summed E-state index contributed by atoms with van der Waals surface area (Å²) >= 11 is 0. The summed E-state index contributed by atoms with van der Waals surface area (Å²) in [4.78, 5) is 26.7. The van der Waals surface area contributed by atoms with Crippen molar-refractivity contribution in [3.05, 3.63) is 65.3 Å². The Morgan fingerprint density at radius 1 is 1.34 bits per heavy atom. The Labute approximate surface area is 190 Å². The number of hydrogen-bond acceptors (Lipinski definition) is 5. The molecule has 1 aliphatic carbocycles. The molecule has 0 spiro atoms. The molecule has 0 radical (unpaired) electrons. The quantitative estimate of drug-likeness (QED) is 0.179. The van der Waals surface area contributed by atoms with Crippen molar-refractivity contribution in [3.63, 3.8) is 0 Å². The molecule has 0 bridgehead atoms. The zero-order valence-electron chi connectivity index (χ0n) is 18.9. The van der Waals surface area contributed by atoms with Gasteiger partial charge in [-0.05, 0) is 43.7 Å². The summed E-state index contributed by atoms with van der Waals surface area (Å²) in [7, 11) is 1.60. The molecule has 7 nitrogen and oxygen atoms in total. The topological polar surface area (TPSA) is 81.9 Å². The average Bonchev–Trinajstić information content (AvgIpc) is 3.31. The maximum absolute atomic E-state index is 13.5. The molecule has 0 aromatic heterocycles. The molecule has 1 aliphatic rings. The number of hydrogen-bond donors (Lipinski definition) is 0. The van der Waals surface area contributed by atoms with E-state index in [9.17, 15) is 19.3 Å².